The van der Waals surface area contributed by atoms with E-state index in [2.05, 4.69) is 41.4 Å². The van der Waals surface area contributed by atoms with Gasteiger partial charge in [-0.05, 0) is 48.6 Å². The van der Waals surface area contributed by atoms with Gasteiger partial charge in [0.1, 0.15) is 0 Å². The van der Waals surface area contributed by atoms with Crippen LogP contribution in [0.25, 0.3) is 0 Å². The Balaban J connectivity index is 1.17. The van der Waals surface area contributed by atoms with Gasteiger partial charge in [0.25, 0.3) is 5.91 Å². The number of rotatable bonds is 7. The fourth-order valence-electron chi connectivity index (χ4n) is 6.23. The van der Waals surface area contributed by atoms with Gasteiger partial charge in [0.05, 0.1) is 0 Å². The van der Waals surface area contributed by atoms with Crippen molar-refractivity contribution < 1.29 is 9.90 Å². The van der Waals surface area contributed by atoms with E-state index in [1.54, 1.807) is 0 Å². The van der Waals surface area contributed by atoms with E-state index in [4.69, 9.17) is 0 Å². The van der Waals surface area contributed by atoms with E-state index in [1.165, 1.54) is 17.5 Å². The van der Waals surface area contributed by atoms with E-state index in [1.807, 2.05) is 30.3 Å². The zero-order valence-electron chi connectivity index (χ0n) is 19.2. The fraction of sp³-hybridized carbons (Fsp3) is 0.536. The number of aliphatic hydroxyl groups is 1. The van der Waals surface area contributed by atoms with E-state index in [0.717, 1.165) is 50.9 Å². The summed E-state index contributed by atoms with van der Waals surface area (Å²) in [5, 5.41) is 14.9. The van der Waals surface area contributed by atoms with Crippen molar-refractivity contribution in [3.63, 3.8) is 0 Å². The zero-order valence-corrected chi connectivity index (χ0v) is 19.2. The van der Waals surface area contributed by atoms with Crippen LogP contribution >= 0.6 is 0 Å². The largest absolute Gasteiger partial charge is 0.375 e. The third-order valence-corrected chi connectivity index (χ3v) is 8.23. The highest BCUT2D eigenvalue weighted by molar-refractivity contribution is 5.86. The molecule has 2 aliphatic carbocycles. The van der Waals surface area contributed by atoms with Crippen LogP contribution in [0.1, 0.15) is 48.8 Å². The van der Waals surface area contributed by atoms with Gasteiger partial charge < -0.3 is 10.4 Å². The number of benzene rings is 2. The van der Waals surface area contributed by atoms with Crippen molar-refractivity contribution in [2.75, 3.05) is 19.6 Å². The van der Waals surface area contributed by atoms with Crippen LogP contribution in [0, 0.1) is 30.6 Å². The molecule has 2 unspecified atom stereocenters. The lowest BCUT2D eigenvalue weighted by molar-refractivity contribution is -0.149. The normalized spacial score (nSPS) is 27.5. The van der Waals surface area contributed by atoms with Crippen LogP contribution in [0.15, 0.2) is 54.6 Å². The van der Waals surface area contributed by atoms with Gasteiger partial charge in [-0.25, -0.2) is 0 Å². The van der Waals surface area contributed by atoms with Crippen LogP contribution in [0.5, 0.6) is 0 Å². The Hall–Kier alpha value is -2.17. The van der Waals surface area contributed by atoms with Crippen molar-refractivity contribution in [1.29, 1.82) is 0 Å². The summed E-state index contributed by atoms with van der Waals surface area (Å²) in [5.74, 6) is 1.72. The number of hydrogen-bond donors (Lipinski definition) is 2. The Bertz CT molecular complexity index is 910. The third kappa shape index (κ3) is 4.23. The summed E-state index contributed by atoms with van der Waals surface area (Å²) >= 11 is 0. The highest BCUT2D eigenvalue weighted by Crippen LogP contribution is 2.51. The Labute approximate surface area is 192 Å². The van der Waals surface area contributed by atoms with E-state index in [9.17, 15) is 9.90 Å². The van der Waals surface area contributed by atoms with Crippen LogP contribution < -0.4 is 5.32 Å². The molecule has 0 bridgehead atoms. The van der Waals surface area contributed by atoms with Gasteiger partial charge in [-0.2, -0.15) is 0 Å². The molecule has 170 valence electrons. The van der Waals surface area contributed by atoms with Crippen molar-refractivity contribution in [2.45, 2.75) is 51.2 Å². The standard InChI is InChI=1S/C28H36N2O2/c1-20-12-14-21(15-13-20)17-30-18-25-24(26(25)19-30)16-29-27(31)28(32,22-8-4-2-5-9-22)23-10-6-3-7-11-23/h2,4-5,8-9,12-15,23-26,32H,3,6-7,10-11,16-19H2,1H3,(H,29,31)/t24?,25-,26?,28-/m1/s1. The molecule has 1 heterocycles. The van der Waals surface area contributed by atoms with E-state index in [-0.39, 0.29) is 11.8 Å². The van der Waals surface area contributed by atoms with Gasteiger partial charge in [-0.3, -0.25) is 9.69 Å². The smallest absolute Gasteiger partial charge is 0.256 e. The molecule has 2 saturated carbocycles. The summed E-state index contributed by atoms with van der Waals surface area (Å²) in [6.07, 6.45) is 5.23. The van der Waals surface area contributed by atoms with Crippen LogP contribution in [0.4, 0.5) is 0 Å². The molecule has 2 aromatic carbocycles. The van der Waals surface area contributed by atoms with Gasteiger partial charge in [0, 0.05) is 32.1 Å². The molecule has 2 N–H and O–H groups in total. The second-order valence-corrected chi connectivity index (χ2v) is 10.3. The predicted molar refractivity (Wildman–Crippen MR) is 127 cm³/mol. The number of nitrogens with zero attached hydrogens (tertiary/aromatic N) is 1. The van der Waals surface area contributed by atoms with Crippen LogP contribution in [0.2, 0.25) is 0 Å². The Morgan fingerprint density at radius 2 is 1.66 bits per heavy atom. The number of nitrogens with one attached hydrogen (secondary N) is 1. The lowest BCUT2D eigenvalue weighted by Gasteiger charge is -2.37. The molecule has 3 aliphatic rings. The Morgan fingerprint density at radius 1 is 1.00 bits per heavy atom. The molecule has 0 spiro atoms. The van der Waals surface area contributed by atoms with Crippen molar-refractivity contribution in [3.8, 4) is 0 Å². The Morgan fingerprint density at radius 3 is 2.31 bits per heavy atom. The molecule has 0 aromatic heterocycles. The summed E-state index contributed by atoms with van der Waals surface area (Å²) in [4.78, 5) is 15.9. The van der Waals surface area contributed by atoms with Crippen LogP contribution in [0.3, 0.4) is 0 Å². The number of amides is 1. The predicted octanol–water partition coefficient (Wildman–Crippen LogP) is 4.26. The molecule has 1 amide bonds. The monoisotopic (exact) mass is 432 g/mol. The zero-order chi connectivity index (χ0) is 22.1. The van der Waals surface area contributed by atoms with Gasteiger partial charge >= 0.3 is 0 Å². The Kier molecular flexibility index (Phi) is 6.09. The first-order chi connectivity index (χ1) is 15.6. The first-order valence-electron chi connectivity index (χ1n) is 12.4. The highest BCUT2D eigenvalue weighted by Gasteiger charge is 2.55. The summed E-state index contributed by atoms with van der Waals surface area (Å²) < 4.78 is 0. The first-order valence-corrected chi connectivity index (χ1v) is 12.4. The molecule has 4 atom stereocenters. The summed E-state index contributed by atoms with van der Waals surface area (Å²) in [6, 6.07) is 18.4. The topological polar surface area (TPSA) is 52.6 Å². The van der Waals surface area contributed by atoms with E-state index >= 15 is 0 Å². The molecule has 5 rings (SSSR count). The minimum atomic E-state index is -1.41. The van der Waals surface area contributed by atoms with Crippen LogP contribution in [-0.4, -0.2) is 35.5 Å². The lowest BCUT2D eigenvalue weighted by Crippen LogP contribution is -2.50. The number of fused-ring (bicyclic) bond motifs is 1. The van der Waals surface area contributed by atoms with Gasteiger partial charge in [-0.15, -0.1) is 0 Å². The quantitative estimate of drug-likeness (QED) is 0.687. The highest BCUT2D eigenvalue weighted by atomic mass is 16.3. The second kappa shape index (κ2) is 8.99. The summed E-state index contributed by atoms with van der Waals surface area (Å²) in [6.45, 7) is 6.06. The molecule has 3 fully saturated rings. The minimum Gasteiger partial charge on any atom is -0.375 e. The molecule has 4 nitrogen and oxygen atoms in total. The average molecular weight is 433 g/mol. The third-order valence-electron chi connectivity index (χ3n) is 8.23. The first kappa shape index (κ1) is 21.7. The minimum absolute atomic E-state index is 0.00218. The fourth-order valence-corrected chi connectivity index (χ4v) is 6.23. The lowest BCUT2D eigenvalue weighted by atomic mass is 9.73. The van der Waals surface area contributed by atoms with Crippen LogP contribution in [-0.2, 0) is 16.9 Å². The van der Waals surface area contributed by atoms with Crippen molar-refractivity contribution >= 4 is 5.91 Å². The van der Waals surface area contributed by atoms with Gasteiger partial charge in [0.2, 0.25) is 0 Å². The SMILES string of the molecule is Cc1ccc(CN2CC3C(CNC(=O)[C@@](O)(c4ccccc4)C4CCCCC4)[C@H]3C2)cc1. The molecular formula is C28H36N2O2. The summed E-state index contributed by atoms with van der Waals surface area (Å²) in [7, 11) is 0. The number of likely N-dealkylation sites (tertiary alicyclic amines) is 1. The van der Waals surface area contributed by atoms with Gasteiger partial charge in [-0.1, -0.05) is 79.4 Å². The molecule has 4 heteroatoms. The average Bonchev–Trinajstić information content (AvgIpc) is 3.29. The van der Waals surface area contributed by atoms with Crippen molar-refractivity contribution in [3.05, 3.63) is 71.3 Å². The molecule has 1 aliphatic heterocycles. The van der Waals surface area contributed by atoms with Crippen molar-refractivity contribution in [2.24, 2.45) is 23.7 Å². The number of carbonyl (C=O) groups is 1. The molecule has 32 heavy (non-hydrogen) atoms. The van der Waals surface area contributed by atoms with Gasteiger partial charge in [0.15, 0.2) is 5.60 Å². The molecular weight excluding hydrogens is 396 g/mol. The number of aryl methyl sites for hydroxylation is 1. The number of carbonyl (C=O) groups excluding carboxylic acids is 1. The molecule has 1 saturated heterocycles. The maximum atomic E-state index is 13.4. The summed E-state index contributed by atoms with van der Waals surface area (Å²) in [5.41, 5.74) is 2.01. The second-order valence-electron chi connectivity index (χ2n) is 10.3. The number of hydrogen-bond acceptors (Lipinski definition) is 3. The van der Waals surface area contributed by atoms with E-state index < -0.39 is 5.60 Å². The number of piperidine rings is 1. The van der Waals surface area contributed by atoms with Crippen molar-refractivity contribution in [1.82, 2.24) is 10.2 Å². The molecule has 2 aromatic rings. The molecule has 0 radical (unpaired) electrons. The maximum Gasteiger partial charge on any atom is 0.256 e. The van der Waals surface area contributed by atoms with E-state index in [0.29, 0.717) is 24.3 Å². The maximum absolute atomic E-state index is 13.4.